The SMILES string of the molecule is CC1CC1C(=O)N1CCCC(C(=O)N2CCCCCC2)C1. The van der Waals surface area contributed by atoms with E-state index in [1.807, 2.05) is 4.90 Å². The number of nitrogens with zero attached hydrogens (tertiary/aromatic N) is 2. The van der Waals surface area contributed by atoms with Crippen molar-refractivity contribution in [2.45, 2.75) is 51.9 Å². The van der Waals surface area contributed by atoms with Gasteiger partial charge in [0, 0.05) is 32.1 Å². The second-order valence-electron chi connectivity index (χ2n) is 7.18. The first-order valence-electron chi connectivity index (χ1n) is 8.74. The molecule has 0 spiro atoms. The van der Waals surface area contributed by atoms with Crippen LogP contribution in [0.25, 0.3) is 0 Å². The fourth-order valence-corrected chi connectivity index (χ4v) is 3.83. The molecule has 3 unspecified atom stereocenters. The van der Waals surface area contributed by atoms with E-state index in [0.717, 1.165) is 51.7 Å². The van der Waals surface area contributed by atoms with Gasteiger partial charge in [-0.3, -0.25) is 9.59 Å². The van der Waals surface area contributed by atoms with E-state index in [4.69, 9.17) is 0 Å². The summed E-state index contributed by atoms with van der Waals surface area (Å²) < 4.78 is 0. The summed E-state index contributed by atoms with van der Waals surface area (Å²) in [5, 5.41) is 0. The van der Waals surface area contributed by atoms with E-state index < -0.39 is 0 Å². The van der Waals surface area contributed by atoms with Crippen LogP contribution < -0.4 is 0 Å². The predicted octanol–water partition coefficient (Wildman–Crippen LogP) is 2.28. The number of piperidine rings is 1. The summed E-state index contributed by atoms with van der Waals surface area (Å²) in [5.41, 5.74) is 0. The minimum absolute atomic E-state index is 0.0508. The van der Waals surface area contributed by atoms with E-state index >= 15 is 0 Å². The summed E-state index contributed by atoms with van der Waals surface area (Å²) in [7, 11) is 0. The molecule has 2 heterocycles. The summed E-state index contributed by atoms with van der Waals surface area (Å²) in [6.07, 6.45) is 7.76. The second-order valence-corrected chi connectivity index (χ2v) is 7.18. The molecule has 4 nitrogen and oxygen atoms in total. The Kier molecular flexibility index (Phi) is 4.51. The van der Waals surface area contributed by atoms with Crippen molar-refractivity contribution >= 4 is 11.8 Å². The molecule has 0 aromatic rings. The van der Waals surface area contributed by atoms with Crippen LogP contribution in [0.5, 0.6) is 0 Å². The number of rotatable bonds is 2. The van der Waals surface area contributed by atoms with E-state index in [2.05, 4.69) is 11.8 Å². The molecule has 0 aromatic heterocycles. The highest BCUT2D eigenvalue weighted by Gasteiger charge is 2.43. The number of hydrogen-bond donors (Lipinski definition) is 0. The van der Waals surface area contributed by atoms with E-state index in [1.165, 1.54) is 12.8 Å². The van der Waals surface area contributed by atoms with Crippen molar-refractivity contribution in [3.8, 4) is 0 Å². The third-order valence-electron chi connectivity index (χ3n) is 5.43. The Balaban J connectivity index is 1.57. The van der Waals surface area contributed by atoms with Gasteiger partial charge in [-0.15, -0.1) is 0 Å². The van der Waals surface area contributed by atoms with Gasteiger partial charge >= 0.3 is 0 Å². The zero-order valence-electron chi connectivity index (χ0n) is 13.2. The summed E-state index contributed by atoms with van der Waals surface area (Å²) in [6.45, 7) is 5.50. The van der Waals surface area contributed by atoms with Gasteiger partial charge in [-0.1, -0.05) is 19.8 Å². The van der Waals surface area contributed by atoms with Crippen LogP contribution in [-0.4, -0.2) is 47.8 Å². The van der Waals surface area contributed by atoms with Crippen molar-refractivity contribution in [2.75, 3.05) is 26.2 Å². The molecule has 1 aliphatic carbocycles. The number of amides is 2. The zero-order chi connectivity index (χ0) is 14.8. The molecule has 2 saturated heterocycles. The lowest BCUT2D eigenvalue weighted by molar-refractivity contribution is -0.141. The van der Waals surface area contributed by atoms with Gasteiger partial charge in [0.05, 0.1) is 5.92 Å². The molecule has 3 atom stereocenters. The van der Waals surface area contributed by atoms with E-state index in [9.17, 15) is 9.59 Å². The van der Waals surface area contributed by atoms with Gasteiger partial charge in [-0.25, -0.2) is 0 Å². The van der Waals surface area contributed by atoms with Gasteiger partial charge < -0.3 is 9.80 Å². The van der Waals surface area contributed by atoms with Crippen molar-refractivity contribution in [3.05, 3.63) is 0 Å². The summed E-state index contributed by atoms with van der Waals surface area (Å²) in [6, 6.07) is 0. The molecule has 0 aromatic carbocycles. The highest BCUT2D eigenvalue weighted by atomic mass is 16.2. The minimum Gasteiger partial charge on any atom is -0.342 e. The Hall–Kier alpha value is -1.06. The molecule has 2 aliphatic heterocycles. The first-order valence-corrected chi connectivity index (χ1v) is 8.74. The fraction of sp³-hybridized carbons (Fsp3) is 0.882. The molecule has 3 aliphatic rings. The molecule has 3 rings (SSSR count). The van der Waals surface area contributed by atoms with Crippen LogP contribution in [0.1, 0.15) is 51.9 Å². The lowest BCUT2D eigenvalue weighted by atomic mass is 9.96. The van der Waals surface area contributed by atoms with Gasteiger partial charge in [0.25, 0.3) is 0 Å². The van der Waals surface area contributed by atoms with Crippen LogP contribution >= 0.6 is 0 Å². The van der Waals surface area contributed by atoms with Crippen molar-refractivity contribution in [1.82, 2.24) is 9.80 Å². The summed E-state index contributed by atoms with van der Waals surface area (Å²) >= 11 is 0. The molecule has 0 bridgehead atoms. The lowest BCUT2D eigenvalue weighted by Crippen LogP contribution is -2.47. The maximum Gasteiger partial charge on any atom is 0.227 e. The minimum atomic E-state index is 0.0508. The highest BCUT2D eigenvalue weighted by Crippen LogP contribution is 2.40. The first kappa shape index (κ1) is 14.9. The van der Waals surface area contributed by atoms with Gasteiger partial charge in [-0.2, -0.15) is 0 Å². The van der Waals surface area contributed by atoms with Crippen LogP contribution in [-0.2, 0) is 9.59 Å². The standard InChI is InChI=1S/C17H28N2O2/c1-13-11-15(13)17(21)19-10-6-7-14(12-19)16(20)18-8-4-2-3-5-9-18/h13-15H,2-12H2,1H3. The molecule has 3 fully saturated rings. The third-order valence-corrected chi connectivity index (χ3v) is 5.43. The van der Waals surface area contributed by atoms with Crippen molar-refractivity contribution in [2.24, 2.45) is 17.8 Å². The fourth-order valence-electron chi connectivity index (χ4n) is 3.83. The Morgan fingerprint density at radius 1 is 0.857 bits per heavy atom. The molecule has 118 valence electrons. The molecule has 1 saturated carbocycles. The maximum atomic E-state index is 12.7. The summed E-state index contributed by atoms with van der Waals surface area (Å²) in [4.78, 5) is 29.1. The lowest BCUT2D eigenvalue weighted by Gasteiger charge is -2.35. The smallest absolute Gasteiger partial charge is 0.227 e. The Morgan fingerprint density at radius 3 is 2.10 bits per heavy atom. The van der Waals surface area contributed by atoms with Crippen molar-refractivity contribution in [3.63, 3.8) is 0 Å². The van der Waals surface area contributed by atoms with Gasteiger partial charge in [-0.05, 0) is 38.0 Å². The topological polar surface area (TPSA) is 40.6 Å². The Bertz CT molecular complexity index is 402. The molecular formula is C17H28N2O2. The van der Waals surface area contributed by atoms with Crippen LogP contribution in [0.2, 0.25) is 0 Å². The quantitative estimate of drug-likeness (QED) is 0.783. The highest BCUT2D eigenvalue weighted by molar-refractivity contribution is 5.84. The molecular weight excluding hydrogens is 264 g/mol. The molecule has 0 N–H and O–H groups in total. The number of carbonyl (C=O) groups excluding carboxylic acids is 2. The first-order chi connectivity index (χ1) is 10.2. The third kappa shape index (κ3) is 3.41. The van der Waals surface area contributed by atoms with E-state index in [-0.39, 0.29) is 11.8 Å². The van der Waals surface area contributed by atoms with Gasteiger partial charge in [0.2, 0.25) is 11.8 Å². The molecule has 0 radical (unpaired) electrons. The summed E-state index contributed by atoms with van der Waals surface area (Å²) in [5.74, 6) is 1.46. The normalized spacial score (nSPS) is 33.5. The van der Waals surface area contributed by atoms with Crippen LogP contribution in [0.4, 0.5) is 0 Å². The predicted molar refractivity (Wildman–Crippen MR) is 81.6 cm³/mol. The average molecular weight is 292 g/mol. The van der Waals surface area contributed by atoms with Crippen LogP contribution in [0.15, 0.2) is 0 Å². The van der Waals surface area contributed by atoms with Gasteiger partial charge in [0.15, 0.2) is 0 Å². The Morgan fingerprint density at radius 2 is 1.48 bits per heavy atom. The number of hydrogen-bond acceptors (Lipinski definition) is 2. The zero-order valence-corrected chi connectivity index (χ0v) is 13.2. The van der Waals surface area contributed by atoms with Crippen LogP contribution in [0, 0.1) is 17.8 Å². The van der Waals surface area contributed by atoms with Crippen molar-refractivity contribution in [1.29, 1.82) is 0 Å². The van der Waals surface area contributed by atoms with Gasteiger partial charge in [0.1, 0.15) is 0 Å². The molecule has 4 heteroatoms. The number of carbonyl (C=O) groups is 2. The Labute approximate surface area is 127 Å². The monoisotopic (exact) mass is 292 g/mol. The van der Waals surface area contributed by atoms with Crippen LogP contribution in [0.3, 0.4) is 0 Å². The van der Waals surface area contributed by atoms with Crippen molar-refractivity contribution < 1.29 is 9.59 Å². The molecule has 2 amide bonds. The largest absolute Gasteiger partial charge is 0.342 e. The second kappa shape index (κ2) is 6.37. The molecule has 21 heavy (non-hydrogen) atoms. The average Bonchev–Trinajstić information content (AvgIpc) is 3.28. The number of likely N-dealkylation sites (tertiary alicyclic amines) is 2. The maximum absolute atomic E-state index is 12.7. The van der Waals surface area contributed by atoms with E-state index in [1.54, 1.807) is 0 Å². The van der Waals surface area contributed by atoms with E-state index in [0.29, 0.717) is 24.3 Å².